The minimum absolute atomic E-state index is 0.138. The van der Waals surface area contributed by atoms with E-state index in [9.17, 15) is 13.2 Å². The highest BCUT2D eigenvalue weighted by Gasteiger charge is 2.38. The molecule has 0 bridgehead atoms. The van der Waals surface area contributed by atoms with Gasteiger partial charge in [-0.15, -0.1) is 0 Å². The van der Waals surface area contributed by atoms with E-state index in [2.05, 4.69) is 17.1 Å². The number of nitrogens with one attached hydrogen (secondary N) is 1. The summed E-state index contributed by atoms with van der Waals surface area (Å²) in [6.07, 6.45) is 0.811. The van der Waals surface area contributed by atoms with E-state index in [0.29, 0.717) is 13.1 Å². The van der Waals surface area contributed by atoms with Gasteiger partial charge in [-0.25, -0.2) is 0 Å². The van der Waals surface area contributed by atoms with Crippen molar-refractivity contribution in [2.24, 2.45) is 5.41 Å². The molecule has 110 valence electrons. The number of hydrogen-bond donors (Lipinski definition) is 1. The molecule has 2 nitrogen and oxygen atoms in total. The highest BCUT2D eigenvalue weighted by molar-refractivity contribution is 5.13. The summed E-state index contributed by atoms with van der Waals surface area (Å²) in [6.45, 7) is 6.13. The molecule has 1 atom stereocenters. The van der Waals surface area contributed by atoms with Crippen molar-refractivity contribution in [2.45, 2.75) is 38.8 Å². The van der Waals surface area contributed by atoms with Crippen molar-refractivity contribution < 1.29 is 13.2 Å². The molecule has 5 heteroatoms. The molecule has 0 radical (unpaired) electrons. The van der Waals surface area contributed by atoms with Crippen molar-refractivity contribution in [3.8, 4) is 0 Å². The standard InChI is InChI=1S/C14H23F3N2/c1-2-5-13(6-7-18-10-13)11-19-8-3-12(4-9-19)14(15,16)17/h3,18H,2,4-11H2,1H3. The molecule has 0 spiro atoms. The van der Waals surface area contributed by atoms with Crippen LogP contribution in [0.2, 0.25) is 0 Å². The van der Waals surface area contributed by atoms with Gasteiger partial charge in [0, 0.05) is 31.8 Å². The van der Waals surface area contributed by atoms with Gasteiger partial charge in [0.15, 0.2) is 0 Å². The van der Waals surface area contributed by atoms with Crippen molar-refractivity contribution in [3.63, 3.8) is 0 Å². The summed E-state index contributed by atoms with van der Waals surface area (Å²) in [4.78, 5) is 2.18. The third-order valence-corrected chi connectivity index (χ3v) is 4.33. The lowest BCUT2D eigenvalue weighted by Crippen LogP contribution is -2.42. The monoisotopic (exact) mass is 276 g/mol. The van der Waals surface area contributed by atoms with E-state index in [1.807, 2.05) is 0 Å². The van der Waals surface area contributed by atoms with Gasteiger partial charge in [-0.2, -0.15) is 13.2 Å². The molecular weight excluding hydrogens is 253 g/mol. The summed E-state index contributed by atoms with van der Waals surface area (Å²) >= 11 is 0. The van der Waals surface area contributed by atoms with Crippen LogP contribution in [0, 0.1) is 5.41 Å². The number of nitrogens with zero attached hydrogens (tertiary/aromatic N) is 1. The fourth-order valence-corrected chi connectivity index (χ4v) is 3.34. The summed E-state index contributed by atoms with van der Waals surface area (Å²) in [5.41, 5.74) is -0.0731. The van der Waals surface area contributed by atoms with Crippen LogP contribution < -0.4 is 5.32 Å². The Labute approximate surface area is 113 Å². The van der Waals surface area contributed by atoms with Crippen LogP contribution in [-0.4, -0.2) is 43.8 Å². The Morgan fingerprint density at radius 2 is 2.21 bits per heavy atom. The highest BCUT2D eigenvalue weighted by Crippen LogP contribution is 2.34. The summed E-state index contributed by atoms with van der Waals surface area (Å²) in [5.74, 6) is 0. The third kappa shape index (κ3) is 3.72. The predicted octanol–water partition coefficient (Wildman–Crippen LogP) is 2.96. The van der Waals surface area contributed by atoms with Crippen LogP contribution in [0.5, 0.6) is 0 Å². The van der Waals surface area contributed by atoms with Crippen LogP contribution in [0.25, 0.3) is 0 Å². The highest BCUT2D eigenvalue weighted by atomic mass is 19.4. The maximum atomic E-state index is 12.6. The Morgan fingerprint density at radius 3 is 2.68 bits per heavy atom. The van der Waals surface area contributed by atoms with E-state index in [-0.39, 0.29) is 17.4 Å². The predicted molar refractivity (Wildman–Crippen MR) is 70.0 cm³/mol. The fourth-order valence-electron chi connectivity index (χ4n) is 3.34. The Bertz CT molecular complexity index is 330. The summed E-state index contributed by atoms with van der Waals surface area (Å²) < 4.78 is 37.7. The number of rotatable bonds is 4. The Balaban J connectivity index is 1.93. The molecule has 2 heterocycles. The second kappa shape index (κ2) is 5.83. The van der Waals surface area contributed by atoms with E-state index in [4.69, 9.17) is 0 Å². The van der Waals surface area contributed by atoms with Gasteiger partial charge in [0.2, 0.25) is 0 Å². The molecule has 1 fully saturated rings. The van der Waals surface area contributed by atoms with Gasteiger partial charge in [-0.05, 0) is 31.2 Å². The van der Waals surface area contributed by atoms with Gasteiger partial charge in [0.25, 0.3) is 0 Å². The van der Waals surface area contributed by atoms with E-state index >= 15 is 0 Å². The second-order valence-electron chi connectivity index (χ2n) is 5.89. The smallest absolute Gasteiger partial charge is 0.316 e. The first-order chi connectivity index (χ1) is 8.95. The van der Waals surface area contributed by atoms with Gasteiger partial charge in [-0.3, -0.25) is 4.90 Å². The van der Waals surface area contributed by atoms with Crippen molar-refractivity contribution in [1.29, 1.82) is 0 Å². The maximum absolute atomic E-state index is 12.6. The fraction of sp³-hybridized carbons (Fsp3) is 0.857. The molecule has 0 saturated carbocycles. The van der Waals surface area contributed by atoms with E-state index in [0.717, 1.165) is 38.9 Å². The molecule has 2 aliphatic heterocycles. The number of halogens is 3. The molecule has 0 aromatic carbocycles. The largest absolute Gasteiger partial charge is 0.412 e. The number of alkyl halides is 3. The molecule has 1 N–H and O–H groups in total. The maximum Gasteiger partial charge on any atom is 0.412 e. The third-order valence-electron chi connectivity index (χ3n) is 4.33. The molecule has 19 heavy (non-hydrogen) atoms. The van der Waals surface area contributed by atoms with Crippen LogP contribution in [0.4, 0.5) is 13.2 Å². The molecule has 0 aromatic heterocycles. The van der Waals surface area contributed by atoms with E-state index in [1.165, 1.54) is 6.08 Å². The van der Waals surface area contributed by atoms with Gasteiger partial charge in [-0.1, -0.05) is 19.4 Å². The van der Waals surface area contributed by atoms with E-state index < -0.39 is 6.18 Å². The summed E-state index contributed by atoms with van der Waals surface area (Å²) in [5, 5.41) is 3.40. The molecule has 1 saturated heterocycles. The SMILES string of the molecule is CCCC1(CN2CC=C(C(F)(F)F)CC2)CCNC1. The van der Waals surface area contributed by atoms with Crippen molar-refractivity contribution in [2.75, 3.05) is 32.7 Å². The van der Waals surface area contributed by atoms with Crippen molar-refractivity contribution >= 4 is 0 Å². The molecular formula is C14H23F3N2. The van der Waals surface area contributed by atoms with Crippen LogP contribution in [-0.2, 0) is 0 Å². The van der Waals surface area contributed by atoms with Crippen LogP contribution >= 0.6 is 0 Å². The lowest BCUT2D eigenvalue weighted by Gasteiger charge is -2.36. The lowest BCUT2D eigenvalue weighted by molar-refractivity contribution is -0.0962. The van der Waals surface area contributed by atoms with E-state index in [1.54, 1.807) is 0 Å². The Hall–Kier alpha value is -0.550. The van der Waals surface area contributed by atoms with Crippen LogP contribution in [0.3, 0.4) is 0 Å². The Kier molecular flexibility index (Phi) is 4.56. The first kappa shape index (κ1) is 14.9. The topological polar surface area (TPSA) is 15.3 Å². The molecule has 0 aromatic rings. The molecule has 1 unspecified atom stereocenters. The average Bonchev–Trinajstić information content (AvgIpc) is 2.77. The quantitative estimate of drug-likeness (QED) is 0.794. The van der Waals surface area contributed by atoms with Gasteiger partial charge in [0.1, 0.15) is 0 Å². The molecule has 0 aliphatic carbocycles. The minimum Gasteiger partial charge on any atom is -0.316 e. The number of hydrogen-bond acceptors (Lipinski definition) is 2. The zero-order chi connectivity index (χ0) is 13.9. The zero-order valence-electron chi connectivity index (χ0n) is 11.5. The normalized spacial score (nSPS) is 29.6. The van der Waals surface area contributed by atoms with Gasteiger partial charge < -0.3 is 5.32 Å². The molecule has 2 rings (SSSR count). The van der Waals surface area contributed by atoms with Crippen molar-refractivity contribution in [3.05, 3.63) is 11.6 Å². The first-order valence-corrected chi connectivity index (χ1v) is 7.14. The summed E-state index contributed by atoms with van der Waals surface area (Å²) in [6, 6.07) is 0. The lowest BCUT2D eigenvalue weighted by atomic mass is 9.81. The Morgan fingerprint density at radius 1 is 1.42 bits per heavy atom. The summed E-state index contributed by atoms with van der Waals surface area (Å²) in [7, 11) is 0. The van der Waals surface area contributed by atoms with Crippen LogP contribution in [0.1, 0.15) is 32.6 Å². The van der Waals surface area contributed by atoms with Gasteiger partial charge in [0.05, 0.1) is 0 Å². The van der Waals surface area contributed by atoms with Gasteiger partial charge >= 0.3 is 6.18 Å². The first-order valence-electron chi connectivity index (χ1n) is 7.14. The minimum atomic E-state index is -4.14. The molecule has 2 aliphatic rings. The van der Waals surface area contributed by atoms with Crippen molar-refractivity contribution in [1.82, 2.24) is 10.2 Å². The molecule has 0 amide bonds. The zero-order valence-corrected chi connectivity index (χ0v) is 11.5. The average molecular weight is 276 g/mol. The van der Waals surface area contributed by atoms with Crippen LogP contribution in [0.15, 0.2) is 11.6 Å². The second-order valence-corrected chi connectivity index (χ2v) is 5.89.